The van der Waals surface area contributed by atoms with Crippen LogP contribution in [-0.2, 0) is 14.8 Å². The number of fused-ring (bicyclic) bond motifs is 1. The molecule has 124 valence electrons. The second-order valence-electron chi connectivity index (χ2n) is 5.10. The molecule has 0 aromatic heterocycles. The van der Waals surface area contributed by atoms with Crippen molar-refractivity contribution in [3.63, 3.8) is 0 Å². The minimum atomic E-state index is -3.67. The van der Waals surface area contributed by atoms with E-state index < -0.39 is 27.6 Å². The first-order valence-corrected chi connectivity index (χ1v) is 8.36. The summed E-state index contributed by atoms with van der Waals surface area (Å²) in [7, 11) is -2.39. The lowest BCUT2D eigenvalue weighted by Gasteiger charge is -2.05. The first kappa shape index (κ1) is 16.3. The van der Waals surface area contributed by atoms with Gasteiger partial charge in [0, 0.05) is 16.8 Å². The minimum Gasteiger partial charge on any atom is -0.321 e. The van der Waals surface area contributed by atoms with Crippen LogP contribution < -0.4 is 10.0 Å². The number of halogens is 2. The molecule has 0 bridgehead atoms. The summed E-state index contributed by atoms with van der Waals surface area (Å²) in [6.45, 7) is 0. The van der Waals surface area contributed by atoms with E-state index in [1.54, 1.807) is 0 Å². The van der Waals surface area contributed by atoms with E-state index in [9.17, 15) is 22.0 Å². The van der Waals surface area contributed by atoms with E-state index in [0.29, 0.717) is 11.3 Å². The highest BCUT2D eigenvalue weighted by Gasteiger charge is 2.26. The summed E-state index contributed by atoms with van der Waals surface area (Å²) in [5, 5.41) is 2.60. The predicted octanol–water partition coefficient (Wildman–Crippen LogP) is 2.37. The average Bonchev–Trinajstić information content (AvgIpc) is 2.86. The van der Waals surface area contributed by atoms with Crippen molar-refractivity contribution in [2.45, 2.75) is 4.90 Å². The summed E-state index contributed by atoms with van der Waals surface area (Å²) < 4.78 is 52.3. The third-order valence-electron chi connectivity index (χ3n) is 3.61. The molecule has 24 heavy (non-hydrogen) atoms. The number of carbonyl (C=O) groups excluding carboxylic acids is 1. The number of sulfonamides is 1. The molecule has 0 saturated heterocycles. The van der Waals surface area contributed by atoms with E-state index in [1.807, 2.05) is 0 Å². The van der Waals surface area contributed by atoms with Crippen LogP contribution >= 0.6 is 0 Å². The second-order valence-corrected chi connectivity index (χ2v) is 6.99. The van der Waals surface area contributed by atoms with Crippen molar-refractivity contribution in [2.75, 3.05) is 12.4 Å². The van der Waals surface area contributed by atoms with Gasteiger partial charge in [-0.3, -0.25) is 4.79 Å². The Bertz CT molecular complexity index is 985. The van der Waals surface area contributed by atoms with Crippen LogP contribution in [0.4, 0.5) is 14.5 Å². The Balaban J connectivity index is 2.12. The van der Waals surface area contributed by atoms with Gasteiger partial charge in [0.05, 0.1) is 4.90 Å². The second kappa shape index (κ2) is 5.81. The van der Waals surface area contributed by atoms with E-state index in [0.717, 1.165) is 12.1 Å². The van der Waals surface area contributed by atoms with Crippen LogP contribution in [0.3, 0.4) is 0 Å². The topological polar surface area (TPSA) is 75.3 Å². The van der Waals surface area contributed by atoms with Crippen LogP contribution in [0.15, 0.2) is 41.3 Å². The normalized spacial score (nSPS) is 15.5. The van der Waals surface area contributed by atoms with Crippen LogP contribution in [0, 0.1) is 11.6 Å². The monoisotopic (exact) mass is 350 g/mol. The SMILES string of the molecule is CNS(=O)(=O)c1ccc2c(c1)C(=Cc1ccc(F)c(F)c1)C(=O)N2. The zero-order valence-corrected chi connectivity index (χ0v) is 13.2. The van der Waals surface area contributed by atoms with E-state index in [4.69, 9.17) is 0 Å². The summed E-state index contributed by atoms with van der Waals surface area (Å²) in [6, 6.07) is 7.43. The molecule has 0 fully saturated rings. The molecule has 0 aliphatic carbocycles. The minimum absolute atomic E-state index is 0.00330. The van der Waals surface area contributed by atoms with Gasteiger partial charge < -0.3 is 5.32 Å². The molecule has 1 heterocycles. The Morgan fingerprint density at radius 2 is 1.83 bits per heavy atom. The van der Waals surface area contributed by atoms with Gasteiger partial charge >= 0.3 is 0 Å². The Morgan fingerprint density at radius 3 is 2.50 bits per heavy atom. The van der Waals surface area contributed by atoms with Gasteiger partial charge in [0.25, 0.3) is 5.91 Å². The van der Waals surface area contributed by atoms with Crippen molar-refractivity contribution in [2.24, 2.45) is 0 Å². The highest BCUT2D eigenvalue weighted by molar-refractivity contribution is 7.89. The van der Waals surface area contributed by atoms with E-state index >= 15 is 0 Å². The number of rotatable bonds is 3. The van der Waals surface area contributed by atoms with Crippen molar-refractivity contribution >= 4 is 33.3 Å². The van der Waals surface area contributed by atoms with Crippen LogP contribution in [-0.4, -0.2) is 21.4 Å². The summed E-state index contributed by atoms with van der Waals surface area (Å²) in [5.41, 5.74) is 1.28. The van der Waals surface area contributed by atoms with Crippen LogP contribution in [0.5, 0.6) is 0 Å². The molecule has 3 rings (SSSR count). The Hall–Kier alpha value is -2.58. The molecule has 0 radical (unpaired) electrons. The molecule has 0 spiro atoms. The maximum atomic E-state index is 13.3. The van der Waals surface area contributed by atoms with Gasteiger partial charge in [-0.05, 0) is 49.0 Å². The van der Waals surface area contributed by atoms with Gasteiger partial charge in [-0.25, -0.2) is 21.9 Å². The molecule has 0 atom stereocenters. The first-order chi connectivity index (χ1) is 11.3. The Labute approximate surface area is 137 Å². The number of anilines is 1. The van der Waals surface area contributed by atoms with Gasteiger partial charge in [-0.1, -0.05) is 6.07 Å². The number of benzene rings is 2. The van der Waals surface area contributed by atoms with E-state index in [-0.39, 0.29) is 16.0 Å². The first-order valence-electron chi connectivity index (χ1n) is 6.88. The maximum Gasteiger partial charge on any atom is 0.256 e. The van der Waals surface area contributed by atoms with Gasteiger partial charge in [-0.2, -0.15) is 0 Å². The van der Waals surface area contributed by atoms with Crippen LogP contribution in [0.2, 0.25) is 0 Å². The average molecular weight is 350 g/mol. The molecule has 8 heteroatoms. The van der Waals surface area contributed by atoms with Gasteiger partial charge in [-0.15, -0.1) is 0 Å². The maximum absolute atomic E-state index is 13.3. The molecule has 1 aliphatic rings. The van der Waals surface area contributed by atoms with Crippen molar-refractivity contribution in [1.82, 2.24) is 4.72 Å². The number of carbonyl (C=O) groups is 1. The summed E-state index contributed by atoms with van der Waals surface area (Å²) in [6.07, 6.45) is 1.37. The highest BCUT2D eigenvalue weighted by atomic mass is 32.2. The van der Waals surface area contributed by atoms with E-state index in [2.05, 4.69) is 10.0 Å². The van der Waals surface area contributed by atoms with Crippen molar-refractivity contribution in [3.8, 4) is 0 Å². The Kier molecular flexibility index (Phi) is 3.94. The van der Waals surface area contributed by atoms with Gasteiger partial charge in [0.1, 0.15) is 0 Å². The summed E-state index contributed by atoms with van der Waals surface area (Å²) in [5.74, 6) is -2.47. The largest absolute Gasteiger partial charge is 0.321 e. The fraction of sp³-hybridized carbons (Fsp3) is 0.0625. The third-order valence-corrected chi connectivity index (χ3v) is 5.02. The molecule has 5 nitrogen and oxygen atoms in total. The molecule has 1 amide bonds. The van der Waals surface area contributed by atoms with Crippen molar-refractivity contribution < 1.29 is 22.0 Å². The molecule has 1 aliphatic heterocycles. The molecule has 2 N–H and O–H groups in total. The van der Waals surface area contributed by atoms with Crippen molar-refractivity contribution in [1.29, 1.82) is 0 Å². The summed E-state index contributed by atoms with van der Waals surface area (Å²) in [4.78, 5) is 12.1. The summed E-state index contributed by atoms with van der Waals surface area (Å²) >= 11 is 0. The van der Waals surface area contributed by atoms with Crippen LogP contribution in [0.1, 0.15) is 11.1 Å². The lowest BCUT2D eigenvalue weighted by Crippen LogP contribution is -2.18. The third kappa shape index (κ3) is 2.81. The number of nitrogens with one attached hydrogen (secondary N) is 2. The molecule has 2 aromatic carbocycles. The molecule has 2 aromatic rings. The van der Waals surface area contributed by atoms with Gasteiger partial charge in [0.15, 0.2) is 11.6 Å². The smallest absolute Gasteiger partial charge is 0.256 e. The van der Waals surface area contributed by atoms with Crippen molar-refractivity contribution in [3.05, 3.63) is 59.2 Å². The van der Waals surface area contributed by atoms with E-state index in [1.165, 1.54) is 37.4 Å². The lowest BCUT2D eigenvalue weighted by molar-refractivity contribution is -0.110. The fourth-order valence-corrected chi connectivity index (χ4v) is 3.12. The molecule has 0 saturated carbocycles. The van der Waals surface area contributed by atoms with Crippen LogP contribution in [0.25, 0.3) is 11.6 Å². The number of amides is 1. The highest BCUT2D eigenvalue weighted by Crippen LogP contribution is 2.34. The number of hydrogen-bond acceptors (Lipinski definition) is 3. The predicted molar refractivity (Wildman–Crippen MR) is 85.5 cm³/mol. The standard InChI is InChI=1S/C16H12F2N2O3S/c1-19-24(22,23)10-3-5-15-11(8-10)12(16(21)20-15)6-9-2-4-13(17)14(18)7-9/h2-8,19H,1H3,(H,20,21). The zero-order chi connectivity index (χ0) is 17.5. The Morgan fingerprint density at radius 1 is 1.08 bits per heavy atom. The molecular weight excluding hydrogens is 338 g/mol. The van der Waals surface area contributed by atoms with Gasteiger partial charge in [0.2, 0.25) is 10.0 Å². The molecule has 0 unspecified atom stereocenters. The fourth-order valence-electron chi connectivity index (χ4n) is 2.36. The zero-order valence-electron chi connectivity index (χ0n) is 12.4. The quantitative estimate of drug-likeness (QED) is 0.835. The molecular formula is C16H12F2N2O3S. The lowest BCUT2D eigenvalue weighted by atomic mass is 10.0. The number of hydrogen-bond donors (Lipinski definition) is 2.